The number of likely N-dealkylation sites (tertiary alicyclic amines) is 1. The van der Waals surface area contributed by atoms with Gasteiger partial charge in [0, 0.05) is 23.9 Å². The summed E-state index contributed by atoms with van der Waals surface area (Å²) in [6.45, 7) is 9.61. The third kappa shape index (κ3) is 5.76. The first-order valence-corrected chi connectivity index (χ1v) is 17.1. The standard InChI is InChI=1S/C34H37N3O6S2/c1-5-43-32(41)21-11-15-23(16-12-21)37-29(39)26-25(20-9-13-22(14-10-20)34(2,3)4)28-31(44-27(26)30(37)40)36(33(42)45-28)19-24(38)35-17-7-6-8-18-35/h9-16,25-27H,5-8,17-19H2,1-4H3/t25-,26-,27+/m0/s1. The number of carbonyl (C=O) groups is 4. The summed E-state index contributed by atoms with van der Waals surface area (Å²) in [4.78, 5) is 70.7. The van der Waals surface area contributed by atoms with E-state index in [2.05, 4.69) is 20.8 Å². The number of thioether (sulfide) groups is 1. The second-order valence-corrected chi connectivity index (χ2v) is 14.9. The summed E-state index contributed by atoms with van der Waals surface area (Å²) in [6, 6.07) is 14.3. The first-order chi connectivity index (χ1) is 21.5. The van der Waals surface area contributed by atoms with Gasteiger partial charge in [0.05, 0.1) is 28.8 Å². The molecular formula is C34H37N3O6S2. The number of amides is 3. The van der Waals surface area contributed by atoms with Gasteiger partial charge in [-0.05, 0) is 67.0 Å². The highest BCUT2D eigenvalue weighted by atomic mass is 32.2. The molecular weight excluding hydrogens is 611 g/mol. The van der Waals surface area contributed by atoms with Gasteiger partial charge in [-0.25, -0.2) is 9.69 Å². The van der Waals surface area contributed by atoms with Crippen molar-refractivity contribution < 1.29 is 23.9 Å². The molecule has 3 atom stereocenters. The summed E-state index contributed by atoms with van der Waals surface area (Å²) < 4.78 is 6.58. The number of benzene rings is 2. The maximum atomic E-state index is 14.2. The van der Waals surface area contributed by atoms with E-state index in [0.29, 0.717) is 34.2 Å². The Morgan fingerprint density at radius 2 is 1.58 bits per heavy atom. The van der Waals surface area contributed by atoms with Crippen molar-refractivity contribution in [3.05, 3.63) is 79.8 Å². The van der Waals surface area contributed by atoms with Gasteiger partial charge in [0.15, 0.2) is 0 Å². The van der Waals surface area contributed by atoms with E-state index in [1.165, 1.54) is 21.2 Å². The Balaban J connectivity index is 1.40. The molecule has 3 amide bonds. The molecule has 2 fully saturated rings. The summed E-state index contributed by atoms with van der Waals surface area (Å²) in [5, 5.41) is -0.200. The van der Waals surface area contributed by atoms with Crippen LogP contribution in [-0.4, -0.2) is 58.1 Å². The minimum Gasteiger partial charge on any atom is -0.462 e. The minimum atomic E-state index is -0.785. The molecule has 3 aliphatic heterocycles. The number of ether oxygens (including phenoxy) is 1. The van der Waals surface area contributed by atoms with Gasteiger partial charge < -0.3 is 9.64 Å². The molecule has 2 aromatic carbocycles. The Hall–Kier alpha value is -3.70. The van der Waals surface area contributed by atoms with Crippen LogP contribution in [0.1, 0.15) is 79.2 Å². The first-order valence-electron chi connectivity index (χ1n) is 15.4. The zero-order valence-electron chi connectivity index (χ0n) is 25.9. The molecule has 0 N–H and O–H groups in total. The number of thiazole rings is 1. The Labute approximate surface area is 270 Å². The van der Waals surface area contributed by atoms with Crippen molar-refractivity contribution in [1.82, 2.24) is 9.47 Å². The lowest BCUT2D eigenvalue weighted by Crippen LogP contribution is -2.39. The van der Waals surface area contributed by atoms with Crippen LogP contribution in [0, 0.1) is 5.92 Å². The van der Waals surface area contributed by atoms with Crippen molar-refractivity contribution in [2.75, 3.05) is 24.6 Å². The van der Waals surface area contributed by atoms with E-state index in [1.807, 2.05) is 29.2 Å². The number of rotatable bonds is 6. The molecule has 4 heterocycles. The molecule has 2 saturated heterocycles. The van der Waals surface area contributed by atoms with Crippen LogP contribution in [0.5, 0.6) is 0 Å². The molecule has 3 aromatic rings. The van der Waals surface area contributed by atoms with Crippen LogP contribution in [0.3, 0.4) is 0 Å². The van der Waals surface area contributed by atoms with Crippen LogP contribution in [0.15, 0.2) is 58.4 Å². The normalized spacial score (nSPS) is 21.5. The lowest BCUT2D eigenvalue weighted by Gasteiger charge is -2.31. The molecule has 0 bridgehead atoms. The van der Waals surface area contributed by atoms with Crippen LogP contribution in [0.2, 0.25) is 0 Å². The fourth-order valence-electron chi connectivity index (χ4n) is 6.40. The molecule has 11 heteroatoms. The monoisotopic (exact) mass is 647 g/mol. The minimum absolute atomic E-state index is 0.0801. The van der Waals surface area contributed by atoms with Gasteiger partial charge in [0.25, 0.3) is 0 Å². The molecule has 0 unspecified atom stereocenters. The maximum absolute atomic E-state index is 14.2. The van der Waals surface area contributed by atoms with Gasteiger partial charge in [-0.15, -0.1) is 0 Å². The highest BCUT2D eigenvalue weighted by Crippen LogP contribution is 2.54. The summed E-state index contributed by atoms with van der Waals surface area (Å²) in [7, 11) is 0. The summed E-state index contributed by atoms with van der Waals surface area (Å²) in [5.74, 6) is -2.60. The molecule has 3 aliphatic rings. The van der Waals surface area contributed by atoms with Crippen LogP contribution < -0.4 is 9.77 Å². The predicted octanol–water partition coefficient (Wildman–Crippen LogP) is 5.19. The molecule has 45 heavy (non-hydrogen) atoms. The van der Waals surface area contributed by atoms with Gasteiger partial charge in [-0.3, -0.25) is 23.7 Å². The Bertz CT molecular complexity index is 1700. The van der Waals surface area contributed by atoms with E-state index in [9.17, 15) is 24.0 Å². The van der Waals surface area contributed by atoms with E-state index in [0.717, 1.165) is 41.7 Å². The number of hydrogen-bond acceptors (Lipinski definition) is 8. The zero-order chi connectivity index (χ0) is 32.0. The van der Waals surface area contributed by atoms with E-state index < -0.39 is 23.1 Å². The number of imide groups is 1. The Morgan fingerprint density at radius 3 is 2.20 bits per heavy atom. The van der Waals surface area contributed by atoms with Crippen molar-refractivity contribution in [3.8, 4) is 0 Å². The zero-order valence-corrected chi connectivity index (χ0v) is 27.5. The smallest absolute Gasteiger partial charge is 0.338 e. The van der Waals surface area contributed by atoms with Crippen molar-refractivity contribution in [3.63, 3.8) is 0 Å². The van der Waals surface area contributed by atoms with Crippen LogP contribution in [0.4, 0.5) is 5.69 Å². The molecule has 1 aromatic heterocycles. The lowest BCUT2D eigenvalue weighted by molar-refractivity contribution is -0.133. The molecule has 6 rings (SSSR count). The number of hydrogen-bond donors (Lipinski definition) is 0. The van der Waals surface area contributed by atoms with Gasteiger partial charge >= 0.3 is 10.8 Å². The van der Waals surface area contributed by atoms with E-state index >= 15 is 0 Å². The third-order valence-electron chi connectivity index (χ3n) is 8.82. The number of fused-ring (bicyclic) bond motifs is 2. The fraction of sp³-hybridized carbons (Fsp3) is 0.441. The Kier molecular flexibility index (Phi) is 8.51. The molecule has 0 aliphatic carbocycles. The Morgan fingerprint density at radius 1 is 0.911 bits per heavy atom. The van der Waals surface area contributed by atoms with Crippen molar-refractivity contribution >= 4 is 52.5 Å². The molecule has 9 nitrogen and oxygen atoms in total. The number of aromatic nitrogens is 1. The van der Waals surface area contributed by atoms with Crippen LogP contribution in [0.25, 0.3) is 0 Å². The predicted molar refractivity (Wildman–Crippen MR) is 174 cm³/mol. The average Bonchev–Trinajstić information content (AvgIpc) is 3.47. The largest absolute Gasteiger partial charge is 0.462 e. The topological polar surface area (TPSA) is 106 Å². The SMILES string of the molecule is CCOC(=O)c1ccc(N2C(=O)[C@H]3[C@H](c4ccc(C(C)(C)C)cc4)c4sc(=O)n(CC(=O)N5CCCCC5)c4S[C@H]3C2=O)cc1. The molecule has 0 saturated carbocycles. The maximum Gasteiger partial charge on any atom is 0.338 e. The number of anilines is 1. The second-order valence-electron chi connectivity index (χ2n) is 12.8. The number of carbonyl (C=O) groups excluding carboxylic acids is 4. The van der Waals surface area contributed by atoms with E-state index in [4.69, 9.17) is 4.74 Å². The van der Waals surface area contributed by atoms with Gasteiger partial charge in [0.2, 0.25) is 17.7 Å². The highest BCUT2D eigenvalue weighted by Gasteiger charge is 2.57. The summed E-state index contributed by atoms with van der Waals surface area (Å²) >= 11 is 2.27. The number of nitrogens with zero attached hydrogens (tertiary/aromatic N) is 3. The third-order valence-corrected chi connectivity index (χ3v) is 11.4. The molecule has 0 spiro atoms. The van der Waals surface area contributed by atoms with E-state index in [1.54, 1.807) is 31.2 Å². The van der Waals surface area contributed by atoms with Crippen LogP contribution in [-0.2, 0) is 31.1 Å². The van der Waals surface area contributed by atoms with Crippen molar-refractivity contribution in [2.45, 2.75) is 75.1 Å². The second kappa shape index (κ2) is 12.2. The van der Waals surface area contributed by atoms with Gasteiger partial charge in [-0.1, -0.05) is 68.1 Å². The molecule has 0 radical (unpaired) electrons. The average molecular weight is 648 g/mol. The van der Waals surface area contributed by atoms with Crippen LogP contribution >= 0.6 is 23.1 Å². The molecule has 236 valence electrons. The lowest BCUT2D eigenvalue weighted by atomic mass is 9.81. The highest BCUT2D eigenvalue weighted by molar-refractivity contribution is 8.00. The fourth-order valence-corrected chi connectivity index (χ4v) is 9.17. The van der Waals surface area contributed by atoms with Crippen molar-refractivity contribution in [1.29, 1.82) is 0 Å². The summed E-state index contributed by atoms with van der Waals surface area (Å²) in [6.07, 6.45) is 2.98. The van der Waals surface area contributed by atoms with Crippen molar-refractivity contribution in [2.24, 2.45) is 5.92 Å². The summed E-state index contributed by atoms with van der Waals surface area (Å²) in [5.41, 5.74) is 2.59. The first kappa shape index (κ1) is 31.3. The van der Waals surface area contributed by atoms with Gasteiger partial charge in [0.1, 0.15) is 11.8 Å². The number of esters is 1. The quantitative estimate of drug-likeness (QED) is 0.268. The van der Waals surface area contributed by atoms with E-state index in [-0.39, 0.29) is 41.2 Å². The number of piperidine rings is 1. The van der Waals surface area contributed by atoms with Gasteiger partial charge in [-0.2, -0.15) is 0 Å².